The van der Waals surface area contributed by atoms with Gasteiger partial charge >= 0.3 is 0 Å². The van der Waals surface area contributed by atoms with E-state index in [2.05, 4.69) is 67.7 Å². The largest absolute Gasteiger partial charge is 0.287 e. The quantitative estimate of drug-likeness (QED) is 0.495. The molecule has 0 aliphatic carbocycles. The molecule has 26 heavy (non-hydrogen) atoms. The second-order valence-electron chi connectivity index (χ2n) is 6.90. The molecule has 0 spiro atoms. The number of rotatable bonds is 2. The lowest BCUT2D eigenvalue weighted by atomic mass is 9.94. The molecule has 0 fully saturated rings. The van der Waals surface area contributed by atoms with Crippen molar-refractivity contribution >= 4 is 10.9 Å². The predicted molar refractivity (Wildman–Crippen MR) is 106 cm³/mol. The third-order valence-corrected chi connectivity index (χ3v) is 5.06. The van der Waals surface area contributed by atoms with E-state index in [1.54, 1.807) is 0 Å². The standard InChI is InChI=1S/C23H22N3/c1-15-12-16(2)17(3)21(13-15)23-20-7-5-6-19(18-8-10-24-11-9-18)22(20)25-14-26(23)4/h5-14H,1-4H3/q+1. The highest BCUT2D eigenvalue weighted by Crippen LogP contribution is 2.33. The van der Waals surface area contributed by atoms with Crippen LogP contribution in [-0.2, 0) is 7.05 Å². The Hall–Kier alpha value is -3.07. The van der Waals surface area contributed by atoms with E-state index in [0.29, 0.717) is 0 Å². The van der Waals surface area contributed by atoms with E-state index < -0.39 is 0 Å². The molecule has 0 amide bonds. The second-order valence-corrected chi connectivity index (χ2v) is 6.90. The van der Waals surface area contributed by atoms with Crippen molar-refractivity contribution in [3.63, 3.8) is 0 Å². The van der Waals surface area contributed by atoms with Crippen molar-refractivity contribution in [2.75, 3.05) is 0 Å². The number of para-hydroxylation sites is 1. The molecule has 0 atom stereocenters. The predicted octanol–water partition coefficient (Wildman–Crippen LogP) is 4.71. The molecule has 3 heteroatoms. The Labute approximate surface area is 154 Å². The maximum atomic E-state index is 4.76. The number of benzene rings is 2. The van der Waals surface area contributed by atoms with Crippen molar-refractivity contribution in [3.8, 4) is 22.4 Å². The van der Waals surface area contributed by atoms with Crippen LogP contribution < -0.4 is 4.57 Å². The van der Waals surface area contributed by atoms with Crippen LogP contribution in [0.25, 0.3) is 33.3 Å². The lowest BCUT2D eigenvalue weighted by Crippen LogP contribution is -2.32. The molecular weight excluding hydrogens is 318 g/mol. The molecule has 0 unspecified atom stereocenters. The summed E-state index contributed by atoms with van der Waals surface area (Å²) in [6.45, 7) is 6.53. The van der Waals surface area contributed by atoms with Crippen LogP contribution in [0.4, 0.5) is 0 Å². The highest BCUT2D eigenvalue weighted by molar-refractivity contribution is 5.99. The Kier molecular flexibility index (Phi) is 4.00. The number of aromatic nitrogens is 3. The molecule has 4 rings (SSSR count). The average Bonchev–Trinajstić information content (AvgIpc) is 2.65. The van der Waals surface area contributed by atoms with E-state index in [0.717, 1.165) is 22.0 Å². The van der Waals surface area contributed by atoms with Gasteiger partial charge in [0, 0.05) is 23.5 Å². The third kappa shape index (κ3) is 2.66. The summed E-state index contributed by atoms with van der Waals surface area (Å²) in [6.07, 6.45) is 5.57. The SMILES string of the molecule is Cc1cc(C)c(C)c(-c2c3cccc(-c4ccncc4)c3nc[n+]2C)c1. The molecule has 0 aliphatic rings. The van der Waals surface area contributed by atoms with Crippen LogP contribution in [0.3, 0.4) is 0 Å². The molecule has 3 nitrogen and oxygen atoms in total. The highest BCUT2D eigenvalue weighted by Gasteiger charge is 2.20. The fourth-order valence-corrected chi connectivity index (χ4v) is 3.65. The molecule has 0 saturated heterocycles. The first kappa shape index (κ1) is 16.4. The summed E-state index contributed by atoms with van der Waals surface area (Å²) in [7, 11) is 2.07. The van der Waals surface area contributed by atoms with Gasteiger partial charge in [-0.05, 0) is 72.8 Å². The molecule has 2 aromatic heterocycles. The lowest BCUT2D eigenvalue weighted by molar-refractivity contribution is -0.662. The summed E-state index contributed by atoms with van der Waals surface area (Å²) < 4.78 is 2.12. The van der Waals surface area contributed by atoms with E-state index in [9.17, 15) is 0 Å². The van der Waals surface area contributed by atoms with E-state index in [4.69, 9.17) is 4.98 Å². The number of pyridine rings is 1. The number of hydrogen-bond donors (Lipinski definition) is 0. The molecule has 0 radical (unpaired) electrons. The van der Waals surface area contributed by atoms with Crippen molar-refractivity contribution in [2.24, 2.45) is 7.05 Å². The Morgan fingerprint density at radius 3 is 2.42 bits per heavy atom. The van der Waals surface area contributed by atoms with Crippen molar-refractivity contribution in [1.29, 1.82) is 0 Å². The maximum Gasteiger partial charge on any atom is 0.287 e. The molecule has 128 valence electrons. The zero-order valence-electron chi connectivity index (χ0n) is 15.6. The van der Waals surface area contributed by atoms with Gasteiger partial charge in [-0.3, -0.25) is 4.98 Å². The first-order valence-electron chi connectivity index (χ1n) is 8.82. The zero-order valence-corrected chi connectivity index (χ0v) is 15.6. The van der Waals surface area contributed by atoms with Crippen LogP contribution in [-0.4, -0.2) is 9.97 Å². The van der Waals surface area contributed by atoms with Gasteiger partial charge in [-0.15, -0.1) is 0 Å². The lowest BCUT2D eigenvalue weighted by Gasteiger charge is -2.13. The van der Waals surface area contributed by atoms with Gasteiger partial charge in [0.15, 0.2) is 5.52 Å². The van der Waals surface area contributed by atoms with Gasteiger partial charge in [-0.25, -0.2) is 4.57 Å². The van der Waals surface area contributed by atoms with Gasteiger partial charge in [0.1, 0.15) is 5.69 Å². The summed E-state index contributed by atoms with van der Waals surface area (Å²) in [5.74, 6) is 0. The Morgan fingerprint density at radius 2 is 1.65 bits per heavy atom. The molecule has 0 N–H and O–H groups in total. The minimum atomic E-state index is 1.02. The number of fused-ring (bicyclic) bond motifs is 1. The monoisotopic (exact) mass is 340 g/mol. The minimum Gasteiger partial charge on any atom is -0.265 e. The molecular formula is C23H22N3+. The van der Waals surface area contributed by atoms with Gasteiger partial charge in [-0.1, -0.05) is 17.7 Å². The Bertz CT molecular complexity index is 1120. The third-order valence-electron chi connectivity index (χ3n) is 5.06. The molecule has 4 aromatic rings. The summed E-state index contributed by atoms with van der Waals surface area (Å²) in [6, 6.07) is 15.0. The van der Waals surface area contributed by atoms with Crippen LogP contribution in [0.15, 0.2) is 61.2 Å². The number of hydrogen-bond acceptors (Lipinski definition) is 2. The second kappa shape index (κ2) is 6.34. The van der Waals surface area contributed by atoms with E-state index in [1.165, 1.54) is 27.9 Å². The van der Waals surface area contributed by atoms with E-state index in [1.807, 2.05) is 30.9 Å². The zero-order chi connectivity index (χ0) is 18.3. The molecule has 2 aromatic carbocycles. The first-order valence-corrected chi connectivity index (χ1v) is 8.82. The highest BCUT2D eigenvalue weighted by atomic mass is 15.0. The molecule has 2 heterocycles. The van der Waals surface area contributed by atoms with Crippen molar-refractivity contribution in [3.05, 3.63) is 77.9 Å². The fraction of sp³-hybridized carbons (Fsp3) is 0.174. The van der Waals surface area contributed by atoms with Crippen LogP contribution in [0.2, 0.25) is 0 Å². The van der Waals surface area contributed by atoms with Crippen molar-refractivity contribution < 1.29 is 4.57 Å². The molecule has 0 bridgehead atoms. The average molecular weight is 340 g/mol. The Morgan fingerprint density at radius 1 is 0.885 bits per heavy atom. The van der Waals surface area contributed by atoms with Gasteiger partial charge in [0.05, 0.1) is 12.4 Å². The summed E-state index contributed by atoms with van der Waals surface area (Å²) in [4.78, 5) is 8.90. The smallest absolute Gasteiger partial charge is 0.265 e. The normalized spacial score (nSPS) is 11.1. The van der Waals surface area contributed by atoms with Gasteiger partial charge < -0.3 is 0 Å². The van der Waals surface area contributed by atoms with Crippen molar-refractivity contribution in [1.82, 2.24) is 9.97 Å². The van der Waals surface area contributed by atoms with Gasteiger partial charge in [0.25, 0.3) is 6.33 Å². The summed E-state index contributed by atoms with van der Waals surface area (Å²) in [5.41, 5.74) is 9.66. The fourth-order valence-electron chi connectivity index (χ4n) is 3.65. The topological polar surface area (TPSA) is 29.7 Å². The number of aryl methyl sites for hydroxylation is 3. The van der Waals surface area contributed by atoms with Crippen molar-refractivity contribution in [2.45, 2.75) is 20.8 Å². The number of nitrogens with zero attached hydrogens (tertiary/aromatic N) is 3. The minimum absolute atomic E-state index is 1.02. The maximum absolute atomic E-state index is 4.76. The van der Waals surface area contributed by atoms with Crippen LogP contribution in [0.5, 0.6) is 0 Å². The van der Waals surface area contributed by atoms with Gasteiger partial charge in [0.2, 0.25) is 0 Å². The van der Waals surface area contributed by atoms with Crippen LogP contribution >= 0.6 is 0 Å². The van der Waals surface area contributed by atoms with Crippen LogP contribution in [0, 0.1) is 20.8 Å². The summed E-state index contributed by atoms with van der Waals surface area (Å²) >= 11 is 0. The first-order chi connectivity index (χ1) is 12.6. The summed E-state index contributed by atoms with van der Waals surface area (Å²) in [5, 5.41) is 1.16. The van der Waals surface area contributed by atoms with E-state index >= 15 is 0 Å². The van der Waals surface area contributed by atoms with E-state index in [-0.39, 0.29) is 0 Å². The van der Waals surface area contributed by atoms with Gasteiger partial charge in [-0.2, -0.15) is 0 Å². The Balaban J connectivity index is 2.08. The van der Waals surface area contributed by atoms with Crippen LogP contribution in [0.1, 0.15) is 16.7 Å². The molecule has 0 saturated carbocycles. The molecule has 0 aliphatic heterocycles.